The number of hydrogen-bond acceptors (Lipinski definition) is 4. The van der Waals surface area contributed by atoms with Gasteiger partial charge in [0.05, 0.1) is 35.2 Å². The van der Waals surface area contributed by atoms with Gasteiger partial charge in [0.1, 0.15) is 5.84 Å². The molecule has 0 saturated carbocycles. The first kappa shape index (κ1) is 16.7. The molecule has 0 bridgehead atoms. The van der Waals surface area contributed by atoms with Gasteiger partial charge in [0.15, 0.2) is 5.82 Å². The quantitative estimate of drug-likeness (QED) is 0.641. The van der Waals surface area contributed by atoms with Gasteiger partial charge in [-0.3, -0.25) is 4.99 Å². The SMILES string of the molecule is Cc1cccc(/N=C/N2CCN=C2CNc2cccc(Cl)c2Cl)n1. The highest BCUT2D eigenvalue weighted by atomic mass is 35.5. The summed E-state index contributed by atoms with van der Waals surface area (Å²) in [5, 5.41) is 4.31. The zero-order valence-corrected chi connectivity index (χ0v) is 14.7. The summed E-state index contributed by atoms with van der Waals surface area (Å²) in [6, 6.07) is 11.3. The molecule has 1 aromatic heterocycles. The first-order chi connectivity index (χ1) is 11.6. The van der Waals surface area contributed by atoms with Crippen molar-refractivity contribution in [3.8, 4) is 0 Å². The Morgan fingerprint density at radius 1 is 1.25 bits per heavy atom. The van der Waals surface area contributed by atoms with Gasteiger partial charge in [-0.15, -0.1) is 0 Å². The average Bonchev–Trinajstić information content (AvgIpc) is 3.02. The lowest BCUT2D eigenvalue weighted by Crippen LogP contribution is -2.31. The van der Waals surface area contributed by atoms with E-state index in [1.54, 1.807) is 12.4 Å². The molecule has 5 nitrogen and oxygen atoms in total. The monoisotopic (exact) mass is 361 g/mol. The number of nitrogens with one attached hydrogen (secondary N) is 1. The molecule has 124 valence electrons. The fraction of sp³-hybridized carbons (Fsp3) is 0.235. The normalized spacial score (nSPS) is 14.3. The van der Waals surface area contributed by atoms with Crippen LogP contribution in [0.2, 0.25) is 10.0 Å². The Labute approximate surface area is 151 Å². The Hall–Kier alpha value is -2.11. The molecule has 0 fully saturated rings. The van der Waals surface area contributed by atoms with Gasteiger partial charge in [0.25, 0.3) is 0 Å². The summed E-state index contributed by atoms with van der Waals surface area (Å²) >= 11 is 12.2. The number of anilines is 1. The zero-order valence-electron chi connectivity index (χ0n) is 13.2. The van der Waals surface area contributed by atoms with Crippen molar-refractivity contribution in [2.75, 3.05) is 25.0 Å². The highest BCUT2D eigenvalue weighted by molar-refractivity contribution is 6.43. The Bertz CT molecular complexity index is 788. The number of aryl methyl sites for hydroxylation is 1. The van der Waals surface area contributed by atoms with Crippen molar-refractivity contribution >= 4 is 46.9 Å². The maximum atomic E-state index is 6.19. The van der Waals surface area contributed by atoms with Gasteiger partial charge in [-0.05, 0) is 31.2 Å². The summed E-state index contributed by atoms with van der Waals surface area (Å²) in [7, 11) is 0. The maximum absolute atomic E-state index is 6.19. The van der Waals surface area contributed by atoms with Crippen LogP contribution in [0.4, 0.5) is 11.5 Å². The van der Waals surface area contributed by atoms with Crippen molar-refractivity contribution < 1.29 is 0 Å². The third-order valence-electron chi connectivity index (χ3n) is 3.56. The molecule has 1 aliphatic rings. The summed E-state index contributed by atoms with van der Waals surface area (Å²) in [6.07, 6.45) is 1.77. The number of rotatable bonds is 5. The number of amidine groups is 1. The number of halogens is 2. The fourth-order valence-electron chi connectivity index (χ4n) is 2.33. The van der Waals surface area contributed by atoms with E-state index in [0.717, 1.165) is 30.3 Å². The van der Waals surface area contributed by atoms with Crippen LogP contribution in [0.15, 0.2) is 46.4 Å². The Balaban J connectivity index is 1.64. The molecular formula is C17H17Cl2N5. The molecule has 0 aliphatic carbocycles. The second kappa shape index (κ2) is 7.64. The summed E-state index contributed by atoms with van der Waals surface area (Å²) in [6.45, 7) is 4.04. The van der Waals surface area contributed by atoms with E-state index in [9.17, 15) is 0 Å². The summed E-state index contributed by atoms with van der Waals surface area (Å²) in [5.41, 5.74) is 1.73. The van der Waals surface area contributed by atoms with Crippen molar-refractivity contribution in [1.82, 2.24) is 9.88 Å². The smallest absolute Gasteiger partial charge is 0.153 e. The second-order valence-corrected chi connectivity index (χ2v) is 6.11. The number of aromatic nitrogens is 1. The van der Waals surface area contributed by atoms with Crippen LogP contribution < -0.4 is 5.32 Å². The standard InChI is InChI=1S/C17H17Cl2N5/c1-12-4-2-7-15(23-12)22-11-24-9-8-20-16(24)10-21-14-6-3-5-13(18)17(14)19/h2-7,11,21H,8-10H2,1H3/b22-11+. The van der Waals surface area contributed by atoms with Gasteiger partial charge < -0.3 is 10.2 Å². The Kier molecular flexibility index (Phi) is 5.33. The molecule has 1 N–H and O–H groups in total. The number of hydrogen-bond donors (Lipinski definition) is 1. The molecule has 0 unspecified atom stereocenters. The van der Waals surface area contributed by atoms with Crippen LogP contribution in [0, 0.1) is 6.92 Å². The van der Waals surface area contributed by atoms with Crippen LogP contribution in [-0.2, 0) is 0 Å². The van der Waals surface area contributed by atoms with E-state index in [2.05, 4.69) is 20.3 Å². The van der Waals surface area contributed by atoms with Gasteiger partial charge in [-0.2, -0.15) is 0 Å². The highest BCUT2D eigenvalue weighted by Crippen LogP contribution is 2.29. The van der Waals surface area contributed by atoms with Crippen molar-refractivity contribution in [3.63, 3.8) is 0 Å². The summed E-state index contributed by atoms with van der Waals surface area (Å²) < 4.78 is 0. The number of nitrogens with zero attached hydrogens (tertiary/aromatic N) is 4. The predicted molar refractivity (Wildman–Crippen MR) is 101 cm³/mol. The van der Waals surface area contributed by atoms with Crippen molar-refractivity contribution in [2.24, 2.45) is 9.98 Å². The lowest BCUT2D eigenvalue weighted by atomic mass is 10.3. The topological polar surface area (TPSA) is 52.9 Å². The predicted octanol–water partition coefficient (Wildman–Crippen LogP) is 4.18. The van der Waals surface area contributed by atoms with E-state index in [1.807, 2.05) is 42.2 Å². The maximum Gasteiger partial charge on any atom is 0.153 e. The number of aliphatic imine (C=N–C) groups is 2. The minimum Gasteiger partial charge on any atom is -0.377 e. The molecule has 0 spiro atoms. The molecule has 0 atom stereocenters. The average molecular weight is 362 g/mol. The van der Waals surface area contributed by atoms with Crippen LogP contribution >= 0.6 is 23.2 Å². The highest BCUT2D eigenvalue weighted by Gasteiger charge is 2.15. The van der Waals surface area contributed by atoms with E-state index in [4.69, 9.17) is 23.2 Å². The molecule has 1 aliphatic heterocycles. The first-order valence-electron chi connectivity index (χ1n) is 7.59. The molecule has 0 amide bonds. The van der Waals surface area contributed by atoms with Gasteiger partial charge in [-0.25, -0.2) is 9.98 Å². The van der Waals surface area contributed by atoms with Crippen LogP contribution in [-0.4, -0.2) is 41.7 Å². The molecule has 7 heteroatoms. The summed E-state index contributed by atoms with van der Waals surface area (Å²) in [4.78, 5) is 15.3. The molecule has 0 radical (unpaired) electrons. The molecule has 0 saturated heterocycles. The van der Waals surface area contributed by atoms with Crippen molar-refractivity contribution in [2.45, 2.75) is 6.92 Å². The van der Waals surface area contributed by atoms with Crippen LogP contribution in [0.3, 0.4) is 0 Å². The third kappa shape index (κ3) is 4.04. The van der Waals surface area contributed by atoms with Crippen LogP contribution in [0.25, 0.3) is 0 Å². The van der Waals surface area contributed by atoms with Gasteiger partial charge in [-0.1, -0.05) is 35.3 Å². The largest absolute Gasteiger partial charge is 0.377 e. The van der Waals surface area contributed by atoms with E-state index < -0.39 is 0 Å². The summed E-state index contributed by atoms with van der Waals surface area (Å²) in [5.74, 6) is 1.59. The van der Waals surface area contributed by atoms with E-state index in [-0.39, 0.29) is 0 Å². The Morgan fingerprint density at radius 2 is 2.08 bits per heavy atom. The molecule has 3 rings (SSSR count). The van der Waals surface area contributed by atoms with Crippen LogP contribution in [0.1, 0.15) is 5.69 Å². The second-order valence-electron chi connectivity index (χ2n) is 5.33. The fourth-order valence-corrected chi connectivity index (χ4v) is 2.70. The Morgan fingerprint density at radius 3 is 2.92 bits per heavy atom. The molecule has 1 aromatic carbocycles. The van der Waals surface area contributed by atoms with Gasteiger partial charge in [0, 0.05) is 12.2 Å². The molecular weight excluding hydrogens is 345 g/mol. The zero-order chi connectivity index (χ0) is 16.9. The number of benzene rings is 1. The van der Waals surface area contributed by atoms with E-state index >= 15 is 0 Å². The molecule has 24 heavy (non-hydrogen) atoms. The molecule has 2 aromatic rings. The van der Waals surface area contributed by atoms with Gasteiger partial charge in [0.2, 0.25) is 0 Å². The van der Waals surface area contributed by atoms with Crippen LogP contribution in [0.5, 0.6) is 0 Å². The molecule has 2 heterocycles. The lowest BCUT2D eigenvalue weighted by Gasteiger charge is -2.16. The van der Waals surface area contributed by atoms with Crippen molar-refractivity contribution in [3.05, 3.63) is 52.1 Å². The minimum absolute atomic E-state index is 0.516. The van der Waals surface area contributed by atoms with E-state index in [0.29, 0.717) is 22.4 Å². The van der Waals surface area contributed by atoms with E-state index in [1.165, 1.54) is 0 Å². The van der Waals surface area contributed by atoms with Crippen molar-refractivity contribution in [1.29, 1.82) is 0 Å². The lowest BCUT2D eigenvalue weighted by molar-refractivity contribution is 0.677. The number of pyridine rings is 1. The third-order valence-corrected chi connectivity index (χ3v) is 4.38. The minimum atomic E-state index is 0.516. The van der Waals surface area contributed by atoms with Gasteiger partial charge >= 0.3 is 0 Å². The first-order valence-corrected chi connectivity index (χ1v) is 8.35.